The molecule has 1 aromatic heterocycles. The van der Waals surface area contributed by atoms with Crippen molar-refractivity contribution >= 4 is 29.1 Å². The minimum atomic E-state index is -4.53. The van der Waals surface area contributed by atoms with E-state index >= 15 is 0 Å². The molecule has 2 aliphatic rings. The molecule has 9 heteroatoms. The van der Waals surface area contributed by atoms with Gasteiger partial charge in [-0.1, -0.05) is 12.8 Å². The summed E-state index contributed by atoms with van der Waals surface area (Å²) in [5, 5.41) is 6.16. The fourth-order valence-electron chi connectivity index (χ4n) is 3.61. The number of hydrogen-bond donors (Lipinski definition) is 2. The number of aromatic nitrogens is 2. The minimum absolute atomic E-state index is 0.108. The maximum absolute atomic E-state index is 13.3. The molecule has 2 fully saturated rings. The van der Waals surface area contributed by atoms with E-state index in [9.17, 15) is 13.2 Å². The van der Waals surface area contributed by atoms with Crippen LogP contribution < -0.4 is 15.5 Å². The Labute approximate surface area is 156 Å². The van der Waals surface area contributed by atoms with Crippen LogP contribution in [0.25, 0.3) is 0 Å². The molecule has 2 heterocycles. The van der Waals surface area contributed by atoms with Gasteiger partial charge in [0.25, 0.3) is 0 Å². The summed E-state index contributed by atoms with van der Waals surface area (Å²) in [5.41, 5.74) is -0.952. The number of halogens is 3. The Balaban J connectivity index is 1.81. The average molecular weight is 387 g/mol. The van der Waals surface area contributed by atoms with Crippen molar-refractivity contribution in [2.45, 2.75) is 70.1 Å². The first kappa shape index (κ1) is 19.1. The predicted octanol–water partition coefficient (Wildman–Crippen LogP) is 4.10. The predicted molar refractivity (Wildman–Crippen MR) is 99.3 cm³/mol. The lowest BCUT2D eigenvalue weighted by Crippen LogP contribution is -2.39. The number of alkyl halides is 3. The Hall–Kier alpha value is -1.64. The van der Waals surface area contributed by atoms with Gasteiger partial charge in [-0.2, -0.15) is 18.2 Å². The molecule has 144 valence electrons. The van der Waals surface area contributed by atoms with Gasteiger partial charge in [0.05, 0.1) is 0 Å². The molecule has 1 saturated heterocycles. The number of nitrogens with zero attached hydrogens (tertiary/aromatic N) is 3. The fraction of sp³-hybridized carbons (Fsp3) is 0.706. The molecule has 0 bridgehead atoms. The number of rotatable bonds is 3. The third kappa shape index (κ3) is 4.75. The molecule has 1 aromatic rings. The van der Waals surface area contributed by atoms with Crippen molar-refractivity contribution in [3.05, 3.63) is 11.8 Å². The van der Waals surface area contributed by atoms with E-state index in [-0.39, 0.29) is 23.1 Å². The number of nitrogens with one attached hydrogen (secondary N) is 2. The van der Waals surface area contributed by atoms with E-state index in [1.165, 1.54) is 0 Å². The lowest BCUT2D eigenvalue weighted by Gasteiger charge is -2.34. The average Bonchev–Trinajstić information content (AvgIpc) is 3.07. The van der Waals surface area contributed by atoms with Crippen LogP contribution in [0.15, 0.2) is 6.07 Å². The SMILES string of the molecule is C[C@@H]1CCCCN1c1cc(C(F)(F)F)nc(NC(=S)NC2CCCC2)n1. The summed E-state index contributed by atoms with van der Waals surface area (Å²) in [7, 11) is 0. The van der Waals surface area contributed by atoms with E-state index in [0.717, 1.165) is 51.0 Å². The van der Waals surface area contributed by atoms with Crippen LogP contribution in [0.1, 0.15) is 57.6 Å². The van der Waals surface area contributed by atoms with Gasteiger partial charge in [-0.3, -0.25) is 0 Å². The van der Waals surface area contributed by atoms with E-state index in [1.807, 2.05) is 11.8 Å². The van der Waals surface area contributed by atoms with E-state index in [4.69, 9.17) is 12.2 Å². The van der Waals surface area contributed by atoms with E-state index < -0.39 is 11.9 Å². The van der Waals surface area contributed by atoms with Crippen molar-refractivity contribution in [3.8, 4) is 0 Å². The molecule has 26 heavy (non-hydrogen) atoms. The van der Waals surface area contributed by atoms with E-state index in [2.05, 4.69) is 20.6 Å². The lowest BCUT2D eigenvalue weighted by atomic mass is 10.0. The Morgan fingerprint density at radius 1 is 1.15 bits per heavy atom. The third-order valence-electron chi connectivity index (χ3n) is 5.02. The van der Waals surface area contributed by atoms with Crippen molar-refractivity contribution in [1.82, 2.24) is 15.3 Å². The van der Waals surface area contributed by atoms with Crippen LogP contribution in [-0.2, 0) is 6.18 Å². The van der Waals surface area contributed by atoms with Crippen molar-refractivity contribution in [3.63, 3.8) is 0 Å². The first-order valence-electron chi connectivity index (χ1n) is 9.13. The third-order valence-corrected chi connectivity index (χ3v) is 5.24. The quantitative estimate of drug-likeness (QED) is 0.762. The van der Waals surface area contributed by atoms with E-state index in [1.54, 1.807) is 0 Å². The Morgan fingerprint density at radius 2 is 1.85 bits per heavy atom. The summed E-state index contributed by atoms with van der Waals surface area (Å²) in [4.78, 5) is 9.87. The van der Waals surface area contributed by atoms with Gasteiger partial charge in [0.15, 0.2) is 10.8 Å². The Morgan fingerprint density at radius 3 is 2.50 bits per heavy atom. The number of piperidine rings is 1. The van der Waals surface area contributed by atoms with Crippen LogP contribution >= 0.6 is 12.2 Å². The molecule has 1 aliphatic carbocycles. The highest BCUT2D eigenvalue weighted by molar-refractivity contribution is 7.80. The lowest BCUT2D eigenvalue weighted by molar-refractivity contribution is -0.141. The van der Waals surface area contributed by atoms with Gasteiger partial charge in [-0.15, -0.1) is 0 Å². The normalized spacial score (nSPS) is 21.7. The molecule has 0 spiro atoms. The number of anilines is 2. The first-order chi connectivity index (χ1) is 12.3. The minimum Gasteiger partial charge on any atom is -0.360 e. The molecule has 0 radical (unpaired) electrons. The number of thiocarbonyl (C=S) groups is 1. The maximum Gasteiger partial charge on any atom is 0.433 e. The highest BCUT2D eigenvalue weighted by Gasteiger charge is 2.35. The van der Waals surface area contributed by atoms with Gasteiger partial charge in [0.2, 0.25) is 5.95 Å². The van der Waals surface area contributed by atoms with Gasteiger partial charge in [-0.05, 0) is 51.2 Å². The second kappa shape index (κ2) is 7.94. The zero-order chi connectivity index (χ0) is 18.7. The highest BCUT2D eigenvalue weighted by atomic mass is 32.1. The van der Waals surface area contributed by atoms with Crippen molar-refractivity contribution < 1.29 is 13.2 Å². The summed E-state index contributed by atoms with van der Waals surface area (Å²) in [5.74, 6) is 0.189. The van der Waals surface area contributed by atoms with Gasteiger partial charge >= 0.3 is 6.18 Å². The van der Waals surface area contributed by atoms with Crippen LogP contribution in [-0.4, -0.2) is 33.7 Å². The Kier molecular flexibility index (Phi) is 5.84. The highest BCUT2D eigenvalue weighted by Crippen LogP contribution is 2.32. The molecule has 2 N–H and O–H groups in total. The second-order valence-corrected chi connectivity index (χ2v) is 7.46. The van der Waals surface area contributed by atoms with Gasteiger partial charge in [-0.25, -0.2) is 4.98 Å². The molecule has 0 unspecified atom stereocenters. The molecule has 0 aromatic carbocycles. The van der Waals surface area contributed by atoms with Crippen molar-refractivity contribution in [2.24, 2.45) is 0 Å². The van der Waals surface area contributed by atoms with Crippen LogP contribution in [0.2, 0.25) is 0 Å². The van der Waals surface area contributed by atoms with Gasteiger partial charge in [0, 0.05) is 24.7 Å². The summed E-state index contributed by atoms with van der Waals surface area (Å²) < 4.78 is 39.9. The summed E-state index contributed by atoms with van der Waals surface area (Å²) in [6, 6.07) is 1.44. The zero-order valence-electron chi connectivity index (χ0n) is 14.8. The summed E-state index contributed by atoms with van der Waals surface area (Å²) in [6.45, 7) is 2.70. The molecule has 3 rings (SSSR count). The molecule has 1 atom stereocenters. The fourth-order valence-corrected chi connectivity index (χ4v) is 3.87. The van der Waals surface area contributed by atoms with Crippen LogP contribution in [0.4, 0.5) is 24.9 Å². The first-order valence-corrected chi connectivity index (χ1v) is 9.54. The van der Waals surface area contributed by atoms with Crippen LogP contribution in [0.3, 0.4) is 0 Å². The maximum atomic E-state index is 13.3. The largest absolute Gasteiger partial charge is 0.433 e. The second-order valence-electron chi connectivity index (χ2n) is 7.05. The van der Waals surface area contributed by atoms with Gasteiger partial charge in [0.1, 0.15) is 5.82 Å². The molecule has 1 aliphatic heterocycles. The smallest absolute Gasteiger partial charge is 0.360 e. The molecule has 0 amide bonds. The standard InChI is InChI=1S/C17H24F3N5S/c1-11-6-4-5-9-25(11)14-10-13(17(18,19)20)22-15(23-14)24-16(26)21-12-7-2-3-8-12/h10-12H,2-9H2,1H3,(H2,21,22,23,24,26)/t11-/m1/s1. The number of hydrogen-bond acceptors (Lipinski definition) is 4. The Bertz CT molecular complexity index is 646. The van der Waals surface area contributed by atoms with Crippen molar-refractivity contribution in [1.29, 1.82) is 0 Å². The monoisotopic (exact) mass is 387 g/mol. The molecular formula is C17H24F3N5S. The topological polar surface area (TPSA) is 53.1 Å². The summed E-state index contributed by atoms with van der Waals surface area (Å²) >= 11 is 5.24. The zero-order valence-corrected chi connectivity index (χ0v) is 15.6. The molecular weight excluding hydrogens is 363 g/mol. The molecule has 5 nitrogen and oxygen atoms in total. The van der Waals surface area contributed by atoms with Crippen LogP contribution in [0, 0.1) is 0 Å². The van der Waals surface area contributed by atoms with Gasteiger partial charge < -0.3 is 15.5 Å². The van der Waals surface area contributed by atoms with Crippen molar-refractivity contribution in [2.75, 3.05) is 16.8 Å². The molecule has 1 saturated carbocycles. The van der Waals surface area contributed by atoms with Crippen LogP contribution in [0.5, 0.6) is 0 Å². The van der Waals surface area contributed by atoms with E-state index in [0.29, 0.717) is 12.4 Å². The summed E-state index contributed by atoms with van der Waals surface area (Å²) in [6.07, 6.45) is 2.73.